The summed E-state index contributed by atoms with van der Waals surface area (Å²) in [6.45, 7) is 4.31. The Balaban J connectivity index is 1.68. The molecule has 1 atom stereocenters. The molecule has 2 aliphatic rings. The number of hydrogen-bond donors (Lipinski definition) is 1. The second-order valence-corrected chi connectivity index (χ2v) is 5.71. The van der Waals surface area contributed by atoms with Gasteiger partial charge in [-0.1, -0.05) is 12.1 Å². The van der Waals surface area contributed by atoms with Crippen molar-refractivity contribution in [3.63, 3.8) is 0 Å². The second-order valence-electron chi connectivity index (χ2n) is 5.71. The maximum Gasteiger partial charge on any atom is 0.321 e. The van der Waals surface area contributed by atoms with E-state index in [2.05, 4.69) is 30.4 Å². The Morgan fingerprint density at radius 3 is 3.15 bits per heavy atom. The van der Waals surface area contributed by atoms with Crippen molar-refractivity contribution in [2.75, 3.05) is 24.6 Å². The van der Waals surface area contributed by atoms with Crippen LogP contribution in [0.3, 0.4) is 0 Å². The first kappa shape index (κ1) is 13.4. The summed E-state index contributed by atoms with van der Waals surface area (Å²) in [4.78, 5) is 14.3. The van der Waals surface area contributed by atoms with Gasteiger partial charge in [-0.15, -0.1) is 0 Å². The van der Waals surface area contributed by atoms with E-state index in [-0.39, 0.29) is 12.1 Å². The molecule has 20 heavy (non-hydrogen) atoms. The van der Waals surface area contributed by atoms with Gasteiger partial charge in [0.05, 0.1) is 6.10 Å². The molecule has 1 aromatic rings. The van der Waals surface area contributed by atoms with Gasteiger partial charge < -0.3 is 10.1 Å². The molecule has 4 nitrogen and oxygen atoms in total. The fourth-order valence-electron chi connectivity index (χ4n) is 3.00. The number of nitrogens with zero attached hydrogens (tertiary/aromatic N) is 1. The number of aryl methyl sites for hydroxylation is 2. The number of nitrogens with one attached hydrogen (secondary N) is 1. The van der Waals surface area contributed by atoms with E-state index >= 15 is 0 Å². The van der Waals surface area contributed by atoms with E-state index in [4.69, 9.17) is 4.74 Å². The zero-order valence-corrected chi connectivity index (χ0v) is 12.0. The summed E-state index contributed by atoms with van der Waals surface area (Å²) in [6.07, 6.45) is 4.44. The topological polar surface area (TPSA) is 41.6 Å². The van der Waals surface area contributed by atoms with Crippen LogP contribution in [-0.4, -0.2) is 31.8 Å². The van der Waals surface area contributed by atoms with Crippen LogP contribution in [-0.2, 0) is 11.2 Å². The van der Waals surface area contributed by atoms with E-state index in [1.165, 1.54) is 11.1 Å². The van der Waals surface area contributed by atoms with Crippen molar-refractivity contribution in [3.05, 3.63) is 29.3 Å². The number of urea groups is 1. The lowest BCUT2D eigenvalue weighted by Gasteiger charge is -2.30. The van der Waals surface area contributed by atoms with Crippen molar-refractivity contribution in [1.29, 1.82) is 0 Å². The van der Waals surface area contributed by atoms with Gasteiger partial charge in [0.2, 0.25) is 0 Å². The monoisotopic (exact) mass is 274 g/mol. The molecule has 0 saturated carbocycles. The Morgan fingerprint density at radius 2 is 2.35 bits per heavy atom. The van der Waals surface area contributed by atoms with Crippen molar-refractivity contribution in [3.8, 4) is 0 Å². The molecule has 2 aliphatic heterocycles. The standard InChI is InChI=1S/C16H22N2O2/c1-12-6-7-13-4-2-8-18(15(13)10-12)16(19)17-11-14-5-3-9-20-14/h6-7,10,14H,2-5,8-9,11H2,1H3,(H,17,19)/t14-/m1/s1. The lowest BCUT2D eigenvalue weighted by atomic mass is 10.0. The molecular formula is C16H22N2O2. The molecule has 3 rings (SSSR count). The van der Waals surface area contributed by atoms with E-state index in [0.29, 0.717) is 6.54 Å². The minimum Gasteiger partial charge on any atom is -0.376 e. The molecule has 1 saturated heterocycles. The first-order chi connectivity index (χ1) is 9.74. The average molecular weight is 274 g/mol. The molecule has 0 unspecified atom stereocenters. The number of anilines is 1. The number of benzene rings is 1. The molecule has 2 heterocycles. The van der Waals surface area contributed by atoms with Gasteiger partial charge >= 0.3 is 6.03 Å². The quantitative estimate of drug-likeness (QED) is 0.900. The molecule has 2 amide bonds. The number of carbonyl (C=O) groups is 1. The second kappa shape index (κ2) is 5.83. The SMILES string of the molecule is Cc1ccc2c(c1)N(C(=O)NC[C@H]1CCCO1)CCC2. The number of hydrogen-bond acceptors (Lipinski definition) is 2. The van der Waals surface area contributed by atoms with Crippen LogP contribution in [0.25, 0.3) is 0 Å². The Kier molecular flexibility index (Phi) is 3.92. The van der Waals surface area contributed by atoms with Crippen molar-refractivity contribution in [2.45, 2.75) is 38.7 Å². The van der Waals surface area contributed by atoms with Gasteiger partial charge in [-0.25, -0.2) is 4.79 Å². The van der Waals surface area contributed by atoms with Gasteiger partial charge in [-0.3, -0.25) is 4.90 Å². The predicted molar refractivity (Wildman–Crippen MR) is 79.2 cm³/mol. The van der Waals surface area contributed by atoms with Crippen LogP contribution in [0, 0.1) is 6.92 Å². The van der Waals surface area contributed by atoms with Crippen LogP contribution in [0.15, 0.2) is 18.2 Å². The fourth-order valence-corrected chi connectivity index (χ4v) is 3.00. The molecule has 4 heteroatoms. The van der Waals surface area contributed by atoms with Crippen LogP contribution in [0.5, 0.6) is 0 Å². The van der Waals surface area contributed by atoms with E-state index in [1.54, 1.807) is 0 Å². The molecular weight excluding hydrogens is 252 g/mol. The van der Waals surface area contributed by atoms with Gasteiger partial charge in [0.15, 0.2) is 0 Å². The molecule has 0 radical (unpaired) electrons. The van der Waals surface area contributed by atoms with Crippen molar-refractivity contribution < 1.29 is 9.53 Å². The van der Waals surface area contributed by atoms with Gasteiger partial charge in [0.1, 0.15) is 0 Å². The highest BCUT2D eigenvalue weighted by Gasteiger charge is 2.24. The summed E-state index contributed by atoms with van der Waals surface area (Å²) in [5.41, 5.74) is 3.54. The maximum absolute atomic E-state index is 12.4. The Hall–Kier alpha value is -1.55. The molecule has 0 aromatic heterocycles. The summed E-state index contributed by atoms with van der Waals surface area (Å²) >= 11 is 0. The average Bonchev–Trinajstić information content (AvgIpc) is 2.97. The zero-order valence-electron chi connectivity index (χ0n) is 12.0. The van der Waals surface area contributed by atoms with Crippen LogP contribution >= 0.6 is 0 Å². The Morgan fingerprint density at radius 1 is 1.45 bits per heavy atom. The van der Waals surface area contributed by atoms with Crippen LogP contribution in [0.2, 0.25) is 0 Å². The summed E-state index contributed by atoms with van der Waals surface area (Å²) in [6, 6.07) is 6.38. The number of fused-ring (bicyclic) bond motifs is 1. The van der Waals surface area contributed by atoms with Crippen molar-refractivity contribution in [1.82, 2.24) is 5.32 Å². The summed E-state index contributed by atoms with van der Waals surface area (Å²) in [5.74, 6) is 0. The molecule has 1 N–H and O–H groups in total. The lowest BCUT2D eigenvalue weighted by molar-refractivity contribution is 0.111. The van der Waals surface area contributed by atoms with Crippen LogP contribution in [0.4, 0.5) is 10.5 Å². The molecule has 0 spiro atoms. The van der Waals surface area contributed by atoms with Gasteiger partial charge in [-0.2, -0.15) is 0 Å². The number of rotatable bonds is 2. The third kappa shape index (κ3) is 2.80. The normalized spacial score (nSPS) is 21.6. The predicted octanol–water partition coefficient (Wildman–Crippen LogP) is 2.64. The minimum atomic E-state index is 0.00653. The highest BCUT2D eigenvalue weighted by molar-refractivity contribution is 5.93. The van der Waals surface area contributed by atoms with E-state index in [9.17, 15) is 4.79 Å². The first-order valence-corrected chi connectivity index (χ1v) is 7.50. The smallest absolute Gasteiger partial charge is 0.321 e. The van der Waals surface area contributed by atoms with Gasteiger partial charge in [-0.05, 0) is 49.8 Å². The largest absolute Gasteiger partial charge is 0.376 e. The molecule has 1 aromatic carbocycles. The highest BCUT2D eigenvalue weighted by Crippen LogP contribution is 2.28. The van der Waals surface area contributed by atoms with Crippen molar-refractivity contribution in [2.24, 2.45) is 0 Å². The van der Waals surface area contributed by atoms with Gasteiger partial charge in [0, 0.05) is 25.4 Å². The van der Waals surface area contributed by atoms with Crippen LogP contribution < -0.4 is 10.2 Å². The third-order valence-electron chi connectivity index (χ3n) is 4.11. The van der Waals surface area contributed by atoms with E-state index in [1.807, 2.05) is 4.90 Å². The highest BCUT2D eigenvalue weighted by atomic mass is 16.5. The van der Waals surface area contributed by atoms with E-state index < -0.39 is 0 Å². The zero-order chi connectivity index (χ0) is 13.9. The number of carbonyl (C=O) groups excluding carboxylic acids is 1. The minimum absolute atomic E-state index is 0.00653. The molecule has 108 valence electrons. The van der Waals surface area contributed by atoms with Crippen LogP contribution in [0.1, 0.15) is 30.4 Å². The first-order valence-electron chi connectivity index (χ1n) is 7.50. The lowest BCUT2D eigenvalue weighted by Crippen LogP contribution is -2.45. The summed E-state index contributed by atoms with van der Waals surface area (Å²) in [7, 11) is 0. The summed E-state index contributed by atoms with van der Waals surface area (Å²) < 4.78 is 5.55. The maximum atomic E-state index is 12.4. The Labute approximate surface area is 120 Å². The number of amides is 2. The molecule has 0 aliphatic carbocycles. The van der Waals surface area contributed by atoms with Crippen molar-refractivity contribution >= 4 is 11.7 Å². The molecule has 1 fully saturated rings. The fraction of sp³-hybridized carbons (Fsp3) is 0.562. The summed E-state index contributed by atoms with van der Waals surface area (Å²) in [5, 5.41) is 3.02. The van der Waals surface area contributed by atoms with E-state index in [0.717, 1.165) is 44.5 Å². The van der Waals surface area contributed by atoms with Gasteiger partial charge in [0.25, 0.3) is 0 Å². The number of ether oxygens (including phenoxy) is 1. The Bertz CT molecular complexity index is 495. The molecule has 0 bridgehead atoms. The third-order valence-corrected chi connectivity index (χ3v) is 4.11.